The van der Waals surface area contributed by atoms with Crippen molar-refractivity contribution in [3.8, 4) is 0 Å². The van der Waals surface area contributed by atoms with E-state index in [2.05, 4.69) is 15.3 Å². The van der Waals surface area contributed by atoms with Crippen LogP contribution in [0.2, 0.25) is 0 Å². The summed E-state index contributed by atoms with van der Waals surface area (Å²) in [5.41, 5.74) is 1.04. The number of amides is 1. The number of ketones is 1. The Morgan fingerprint density at radius 3 is 2.80 bits per heavy atom. The number of carboxylic acid groups (broad SMARTS) is 1. The van der Waals surface area contributed by atoms with Gasteiger partial charge in [-0.2, -0.15) is 0 Å². The summed E-state index contributed by atoms with van der Waals surface area (Å²) < 4.78 is 0. The van der Waals surface area contributed by atoms with E-state index < -0.39 is 11.9 Å². The van der Waals surface area contributed by atoms with Crippen molar-refractivity contribution in [2.24, 2.45) is 0 Å². The third-order valence-corrected chi connectivity index (χ3v) is 3.25. The van der Waals surface area contributed by atoms with Crippen LogP contribution in [-0.4, -0.2) is 32.7 Å². The second kappa shape index (κ2) is 5.66. The largest absolute Gasteiger partial charge is 0.481 e. The summed E-state index contributed by atoms with van der Waals surface area (Å²) in [4.78, 5) is 40.2. The van der Waals surface area contributed by atoms with Gasteiger partial charge < -0.3 is 10.1 Å². The van der Waals surface area contributed by atoms with Crippen molar-refractivity contribution in [2.75, 3.05) is 5.32 Å². The maximum Gasteiger partial charge on any atom is 0.309 e. The van der Waals surface area contributed by atoms with Crippen LogP contribution in [0.15, 0.2) is 17.6 Å². The normalized spacial score (nSPS) is 10.2. The van der Waals surface area contributed by atoms with Crippen LogP contribution in [0, 0.1) is 0 Å². The lowest BCUT2D eigenvalue weighted by molar-refractivity contribution is -0.136. The standard InChI is InChI=1S/C12H11N3O4S/c1-6(16)7-2-9(13-4-7)11(19)15-12-14-8(5-20-12)3-10(17)18/h2,4-5,13H,3H2,1H3,(H,17,18)(H,14,15,19). The summed E-state index contributed by atoms with van der Waals surface area (Å²) in [6.45, 7) is 1.41. The fraction of sp³-hybridized carbons (Fsp3) is 0.167. The number of hydrogen-bond acceptors (Lipinski definition) is 5. The van der Waals surface area contributed by atoms with Crippen LogP contribution >= 0.6 is 11.3 Å². The lowest BCUT2D eigenvalue weighted by Gasteiger charge is -1.98. The van der Waals surface area contributed by atoms with Gasteiger partial charge in [-0.15, -0.1) is 11.3 Å². The number of aromatic nitrogens is 2. The zero-order valence-corrected chi connectivity index (χ0v) is 11.3. The molecule has 0 aromatic carbocycles. The third-order valence-electron chi connectivity index (χ3n) is 2.44. The van der Waals surface area contributed by atoms with Crippen LogP contribution in [0.25, 0.3) is 0 Å². The number of H-pyrrole nitrogens is 1. The molecule has 2 aromatic rings. The lowest BCUT2D eigenvalue weighted by atomic mass is 10.2. The van der Waals surface area contributed by atoms with Crippen LogP contribution in [-0.2, 0) is 11.2 Å². The van der Waals surface area contributed by atoms with Gasteiger partial charge in [0.1, 0.15) is 5.69 Å². The SMILES string of the molecule is CC(=O)c1c[nH]c(C(=O)Nc2nc(CC(=O)O)cs2)c1. The van der Waals surface area contributed by atoms with Crippen molar-refractivity contribution in [3.05, 3.63) is 34.6 Å². The molecule has 0 saturated heterocycles. The Labute approximate surface area is 117 Å². The highest BCUT2D eigenvalue weighted by molar-refractivity contribution is 7.14. The number of aliphatic carboxylic acids is 1. The maximum atomic E-state index is 11.9. The molecule has 0 saturated carbocycles. The number of nitrogens with zero attached hydrogens (tertiary/aromatic N) is 1. The van der Waals surface area contributed by atoms with Gasteiger partial charge in [0, 0.05) is 17.1 Å². The lowest BCUT2D eigenvalue weighted by Crippen LogP contribution is -2.12. The van der Waals surface area contributed by atoms with Crippen LogP contribution in [0.3, 0.4) is 0 Å². The Bertz CT molecular complexity index is 674. The first kappa shape index (κ1) is 13.9. The maximum absolute atomic E-state index is 11.9. The van der Waals surface area contributed by atoms with E-state index in [0.717, 1.165) is 11.3 Å². The molecule has 0 aliphatic rings. The fourth-order valence-corrected chi connectivity index (χ4v) is 2.20. The van der Waals surface area contributed by atoms with E-state index in [9.17, 15) is 14.4 Å². The number of anilines is 1. The van der Waals surface area contributed by atoms with Gasteiger partial charge in [-0.1, -0.05) is 0 Å². The van der Waals surface area contributed by atoms with Crippen molar-refractivity contribution in [1.29, 1.82) is 0 Å². The molecule has 2 heterocycles. The number of carbonyl (C=O) groups is 3. The van der Waals surface area contributed by atoms with E-state index in [1.807, 2.05) is 0 Å². The third kappa shape index (κ3) is 3.29. The molecule has 0 radical (unpaired) electrons. The van der Waals surface area contributed by atoms with Gasteiger partial charge >= 0.3 is 5.97 Å². The fourth-order valence-electron chi connectivity index (χ4n) is 1.49. The first-order valence-electron chi connectivity index (χ1n) is 5.62. The zero-order valence-electron chi connectivity index (χ0n) is 10.5. The van der Waals surface area contributed by atoms with Gasteiger partial charge in [-0.25, -0.2) is 4.98 Å². The highest BCUT2D eigenvalue weighted by atomic mass is 32.1. The number of Topliss-reactive ketones (excluding diaryl/α,β-unsaturated/α-hetero) is 1. The number of aromatic amines is 1. The van der Waals surface area contributed by atoms with Crippen molar-refractivity contribution in [3.63, 3.8) is 0 Å². The van der Waals surface area contributed by atoms with E-state index in [1.165, 1.54) is 19.2 Å². The molecule has 104 valence electrons. The summed E-state index contributed by atoms with van der Waals surface area (Å²) >= 11 is 1.14. The number of carboxylic acids is 1. The molecule has 1 amide bonds. The molecule has 0 unspecified atom stereocenters. The highest BCUT2D eigenvalue weighted by Crippen LogP contribution is 2.17. The highest BCUT2D eigenvalue weighted by Gasteiger charge is 2.13. The Kier molecular flexibility index (Phi) is 3.94. The summed E-state index contributed by atoms with van der Waals surface area (Å²) in [6, 6.07) is 1.45. The number of carbonyl (C=O) groups excluding carboxylic acids is 2. The van der Waals surface area contributed by atoms with Gasteiger partial charge in [0.25, 0.3) is 5.91 Å². The predicted molar refractivity (Wildman–Crippen MR) is 72.2 cm³/mol. The summed E-state index contributed by atoms with van der Waals surface area (Å²) in [6.07, 6.45) is 1.26. The van der Waals surface area contributed by atoms with Crippen molar-refractivity contribution >= 4 is 34.1 Å². The molecule has 0 fully saturated rings. The molecule has 20 heavy (non-hydrogen) atoms. The van der Waals surface area contributed by atoms with Gasteiger partial charge in [0.05, 0.1) is 12.1 Å². The molecule has 8 heteroatoms. The summed E-state index contributed by atoms with van der Waals surface area (Å²) in [5.74, 6) is -1.56. The summed E-state index contributed by atoms with van der Waals surface area (Å²) in [7, 11) is 0. The Balaban J connectivity index is 2.05. The average molecular weight is 293 g/mol. The molecule has 0 atom stereocenters. The smallest absolute Gasteiger partial charge is 0.309 e. The van der Waals surface area contributed by atoms with E-state index in [-0.39, 0.29) is 17.9 Å². The van der Waals surface area contributed by atoms with Crippen LogP contribution in [0.5, 0.6) is 0 Å². The minimum Gasteiger partial charge on any atom is -0.481 e. The van der Waals surface area contributed by atoms with Crippen LogP contribution in [0.1, 0.15) is 33.5 Å². The molecule has 3 N–H and O–H groups in total. The summed E-state index contributed by atoms with van der Waals surface area (Å²) in [5, 5.41) is 13.0. The molecule has 0 spiro atoms. The zero-order chi connectivity index (χ0) is 14.7. The molecular formula is C12H11N3O4S. The van der Waals surface area contributed by atoms with E-state index in [0.29, 0.717) is 16.4 Å². The Morgan fingerprint density at radius 1 is 1.45 bits per heavy atom. The van der Waals surface area contributed by atoms with E-state index in [4.69, 9.17) is 5.11 Å². The predicted octanol–water partition coefficient (Wildman–Crippen LogP) is 1.55. The van der Waals surface area contributed by atoms with Crippen molar-refractivity contribution in [1.82, 2.24) is 9.97 Å². The minimum absolute atomic E-state index is 0.140. The second-order valence-corrected chi connectivity index (χ2v) is 4.88. The van der Waals surface area contributed by atoms with Crippen molar-refractivity contribution < 1.29 is 19.5 Å². The molecule has 0 aliphatic heterocycles. The molecular weight excluding hydrogens is 282 g/mol. The topological polar surface area (TPSA) is 112 Å². The molecule has 0 aliphatic carbocycles. The van der Waals surface area contributed by atoms with Crippen LogP contribution in [0.4, 0.5) is 5.13 Å². The second-order valence-electron chi connectivity index (χ2n) is 4.03. The number of hydrogen-bond donors (Lipinski definition) is 3. The molecule has 0 bridgehead atoms. The monoisotopic (exact) mass is 293 g/mol. The van der Waals surface area contributed by atoms with Gasteiger partial charge in [0.15, 0.2) is 10.9 Å². The first-order chi connectivity index (χ1) is 9.45. The molecule has 2 aromatic heterocycles. The number of thiazole rings is 1. The molecule has 2 rings (SSSR count). The van der Waals surface area contributed by atoms with Gasteiger partial charge in [-0.05, 0) is 13.0 Å². The Morgan fingerprint density at radius 2 is 2.20 bits per heavy atom. The van der Waals surface area contributed by atoms with Gasteiger partial charge in [0.2, 0.25) is 0 Å². The van der Waals surface area contributed by atoms with Crippen molar-refractivity contribution in [2.45, 2.75) is 13.3 Å². The van der Waals surface area contributed by atoms with Gasteiger partial charge in [-0.3, -0.25) is 19.7 Å². The quantitative estimate of drug-likeness (QED) is 0.724. The van der Waals surface area contributed by atoms with E-state index >= 15 is 0 Å². The number of nitrogens with one attached hydrogen (secondary N) is 2. The first-order valence-corrected chi connectivity index (χ1v) is 6.50. The Hall–Kier alpha value is -2.48. The van der Waals surface area contributed by atoms with E-state index in [1.54, 1.807) is 5.38 Å². The molecule has 7 nitrogen and oxygen atoms in total. The van der Waals surface area contributed by atoms with Crippen LogP contribution < -0.4 is 5.32 Å². The number of rotatable bonds is 5. The minimum atomic E-state index is -0.983. The average Bonchev–Trinajstić information content (AvgIpc) is 2.97.